The van der Waals surface area contributed by atoms with Crippen LogP contribution in [0.15, 0.2) is 0 Å². The summed E-state index contributed by atoms with van der Waals surface area (Å²) in [6, 6.07) is 0. The molecular weight excluding hydrogens is 511 g/mol. The Morgan fingerprint density at radius 2 is 1.32 bits per heavy atom. The van der Waals surface area contributed by atoms with E-state index in [-0.39, 0.29) is 11.9 Å². The van der Waals surface area contributed by atoms with Gasteiger partial charge in [-0.05, 0) is 30.8 Å². The van der Waals surface area contributed by atoms with E-state index in [1.807, 2.05) is 0 Å². The summed E-state index contributed by atoms with van der Waals surface area (Å²) in [7, 11) is -3.99. The van der Waals surface area contributed by atoms with Gasteiger partial charge in [-0.3, -0.25) is 4.21 Å². The van der Waals surface area contributed by atoms with Gasteiger partial charge in [0.25, 0.3) is 0 Å². The van der Waals surface area contributed by atoms with Crippen molar-refractivity contribution >= 4 is 24.8 Å². The van der Waals surface area contributed by atoms with Crippen molar-refractivity contribution in [1.29, 1.82) is 0 Å². The molecule has 2 N–H and O–H groups in total. The number of hydrogen-bond acceptors (Lipinski definition) is 6. The average molecular weight is 568 g/mol. The van der Waals surface area contributed by atoms with Crippen molar-refractivity contribution in [1.82, 2.24) is 0 Å². The SMILES string of the molecule is CCCCCCCCCCCS(=O)C(CCCCCCCC)C(C)OCC(O)(C(=O)O)[P+](=O)OCCC. The maximum Gasteiger partial charge on any atom is 0.558 e. The van der Waals surface area contributed by atoms with Gasteiger partial charge in [0.15, 0.2) is 0 Å². The minimum Gasteiger partial charge on any atom is -0.476 e. The van der Waals surface area contributed by atoms with Gasteiger partial charge in [-0.2, -0.15) is 0 Å². The highest BCUT2D eigenvalue weighted by Crippen LogP contribution is 2.39. The van der Waals surface area contributed by atoms with Crippen molar-refractivity contribution < 1.29 is 33.0 Å². The third kappa shape index (κ3) is 17.0. The van der Waals surface area contributed by atoms with Crippen molar-refractivity contribution in [2.75, 3.05) is 19.0 Å². The topological polar surface area (TPSA) is 110 Å². The molecule has 5 unspecified atom stereocenters. The van der Waals surface area contributed by atoms with Crippen molar-refractivity contribution in [3.05, 3.63) is 0 Å². The molecule has 0 aliphatic heterocycles. The summed E-state index contributed by atoms with van der Waals surface area (Å²) in [4.78, 5) is 11.7. The molecule has 0 aliphatic carbocycles. The number of aliphatic hydroxyl groups is 1. The normalized spacial score (nSPS) is 16.2. The number of aliphatic carboxylic acids is 1. The van der Waals surface area contributed by atoms with Gasteiger partial charge in [-0.1, -0.05) is 111 Å². The second-order valence-electron chi connectivity index (χ2n) is 10.2. The average Bonchev–Trinajstić information content (AvgIpc) is 2.88. The van der Waals surface area contributed by atoms with Crippen LogP contribution in [0.25, 0.3) is 0 Å². The molecule has 37 heavy (non-hydrogen) atoms. The number of hydrogen-bond donors (Lipinski definition) is 2. The zero-order valence-corrected chi connectivity index (χ0v) is 25.8. The van der Waals surface area contributed by atoms with Crippen LogP contribution < -0.4 is 0 Å². The lowest BCUT2D eigenvalue weighted by Gasteiger charge is -2.25. The lowest BCUT2D eigenvalue weighted by molar-refractivity contribution is -0.156. The number of ether oxygens (including phenoxy) is 1. The highest BCUT2D eigenvalue weighted by Gasteiger charge is 2.58. The Kier molecular flexibility index (Phi) is 23.2. The molecule has 0 saturated heterocycles. The van der Waals surface area contributed by atoms with Crippen LogP contribution in [0.2, 0.25) is 0 Å². The van der Waals surface area contributed by atoms with E-state index in [2.05, 4.69) is 13.8 Å². The number of carboxylic acids is 1. The van der Waals surface area contributed by atoms with Crippen LogP contribution in [-0.4, -0.2) is 56.1 Å². The molecule has 0 spiro atoms. The van der Waals surface area contributed by atoms with Crippen LogP contribution in [0.5, 0.6) is 0 Å². The third-order valence-electron chi connectivity index (χ3n) is 6.76. The second-order valence-corrected chi connectivity index (χ2v) is 13.5. The fourth-order valence-electron chi connectivity index (χ4n) is 4.24. The van der Waals surface area contributed by atoms with E-state index in [0.29, 0.717) is 12.2 Å². The first-order valence-corrected chi connectivity index (χ1v) is 17.3. The number of rotatable bonds is 27. The Hall–Kier alpha value is -0.400. The van der Waals surface area contributed by atoms with Crippen LogP contribution in [-0.2, 0) is 29.4 Å². The molecule has 0 aromatic carbocycles. The Labute approximate surface area is 230 Å². The van der Waals surface area contributed by atoms with Crippen molar-refractivity contribution in [3.8, 4) is 0 Å². The molecule has 7 nitrogen and oxygen atoms in total. The molecule has 0 bridgehead atoms. The molecule has 0 fully saturated rings. The van der Waals surface area contributed by atoms with Gasteiger partial charge in [0, 0.05) is 16.6 Å². The van der Waals surface area contributed by atoms with Crippen LogP contribution in [0.4, 0.5) is 0 Å². The summed E-state index contributed by atoms with van der Waals surface area (Å²) >= 11 is 0. The first kappa shape index (κ1) is 36.6. The molecule has 0 aromatic rings. The minimum absolute atomic E-state index is 0.0871. The first-order chi connectivity index (χ1) is 17.7. The zero-order valence-electron chi connectivity index (χ0n) is 24.1. The van der Waals surface area contributed by atoms with Crippen LogP contribution >= 0.6 is 8.03 Å². The van der Waals surface area contributed by atoms with Crippen molar-refractivity contribution in [2.45, 2.75) is 154 Å². The summed E-state index contributed by atoms with van der Waals surface area (Å²) in [5, 5.41) is 17.2. The van der Waals surface area contributed by atoms with Gasteiger partial charge >= 0.3 is 19.3 Å². The Balaban J connectivity index is 4.86. The number of carbonyl (C=O) groups is 1. The van der Waals surface area contributed by atoms with Crippen LogP contribution in [0, 0.1) is 0 Å². The monoisotopic (exact) mass is 567 g/mol. The quantitative estimate of drug-likeness (QED) is 0.0772. The zero-order chi connectivity index (χ0) is 27.9. The molecule has 5 atom stereocenters. The molecule has 9 heteroatoms. The maximum atomic E-state index is 13.3. The van der Waals surface area contributed by atoms with E-state index < -0.39 is 42.8 Å². The standard InChI is InChI=1S/C28H55O7PS/c1-5-8-10-12-14-15-16-18-20-23-37(33)26(21-19-17-13-11-9-6-2)25(4)34-24-28(31,27(29)30)36(32)35-22-7-3/h25-26,31H,5-24H2,1-4H3/p+1. The molecule has 0 saturated carbocycles. The second kappa shape index (κ2) is 23.5. The van der Waals surface area contributed by atoms with Gasteiger partial charge in [-0.15, -0.1) is 4.52 Å². The molecular formula is C28H56O7PS+. The lowest BCUT2D eigenvalue weighted by Crippen LogP contribution is -2.43. The summed E-state index contributed by atoms with van der Waals surface area (Å²) in [6.07, 6.45) is 18.3. The Morgan fingerprint density at radius 1 is 0.838 bits per heavy atom. The fourth-order valence-corrected chi connectivity index (χ4v) is 6.87. The van der Waals surface area contributed by atoms with Gasteiger partial charge < -0.3 is 14.9 Å². The summed E-state index contributed by atoms with van der Waals surface area (Å²) in [5.41, 5.74) is 0. The highest BCUT2D eigenvalue weighted by atomic mass is 32.2. The highest BCUT2D eigenvalue weighted by molar-refractivity contribution is 7.85. The Morgan fingerprint density at radius 3 is 1.81 bits per heavy atom. The fraction of sp³-hybridized carbons (Fsp3) is 0.964. The van der Waals surface area contributed by atoms with Crippen LogP contribution in [0.3, 0.4) is 0 Å². The Bertz CT molecular complexity index is 619. The molecule has 220 valence electrons. The van der Waals surface area contributed by atoms with E-state index in [9.17, 15) is 23.8 Å². The van der Waals surface area contributed by atoms with Crippen molar-refractivity contribution in [3.63, 3.8) is 0 Å². The molecule has 0 amide bonds. The minimum atomic E-state index is -2.87. The van der Waals surface area contributed by atoms with Gasteiger partial charge in [0.05, 0.1) is 11.4 Å². The van der Waals surface area contributed by atoms with E-state index in [1.54, 1.807) is 13.8 Å². The summed E-state index contributed by atoms with van der Waals surface area (Å²) in [6.45, 7) is 7.41. The van der Waals surface area contributed by atoms with Gasteiger partial charge in [0.1, 0.15) is 13.2 Å². The first-order valence-electron chi connectivity index (χ1n) is 14.8. The van der Waals surface area contributed by atoms with E-state index in [1.165, 1.54) is 57.8 Å². The van der Waals surface area contributed by atoms with Crippen LogP contribution in [0.1, 0.15) is 137 Å². The summed E-state index contributed by atoms with van der Waals surface area (Å²) < 4.78 is 36.4. The van der Waals surface area contributed by atoms with Crippen molar-refractivity contribution in [2.24, 2.45) is 0 Å². The maximum absolute atomic E-state index is 13.3. The molecule has 0 aromatic heterocycles. The predicted octanol–water partition coefficient (Wildman–Crippen LogP) is 7.73. The smallest absolute Gasteiger partial charge is 0.476 e. The predicted molar refractivity (Wildman–Crippen MR) is 154 cm³/mol. The summed E-state index contributed by atoms with van der Waals surface area (Å²) in [5.74, 6) is -1.04. The van der Waals surface area contributed by atoms with E-state index in [0.717, 1.165) is 44.9 Å². The molecule has 0 aliphatic rings. The van der Waals surface area contributed by atoms with E-state index >= 15 is 0 Å². The number of unbranched alkanes of at least 4 members (excludes halogenated alkanes) is 13. The molecule has 0 rings (SSSR count). The number of carboxylic acid groups (broad SMARTS) is 1. The van der Waals surface area contributed by atoms with Gasteiger partial charge in [0.2, 0.25) is 0 Å². The van der Waals surface area contributed by atoms with E-state index in [4.69, 9.17) is 9.26 Å². The largest absolute Gasteiger partial charge is 0.558 e. The van der Waals surface area contributed by atoms with Gasteiger partial charge in [-0.25, -0.2) is 4.79 Å². The lowest BCUT2D eigenvalue weighted by atomic mass is 10.1. The molecule has 0 heterocycles. The third-order valence-corrected chi connectivity index (χ3v) is 10.1. The molecule has 0 radical (unpaired) electrons.